The molecule has 1 aliphatic heterocycles. The number of aliphatic hydroxyl groups is 2. The average Bonchev–Trinajstić information content (AvgIpc) is 3.08. The first-order valence-electron chi connectivity index (χ1n) is 11.2. The number of nitrogens with two attached hydrogens (primary N) is 1. The second kappa shape index (κ2) is 12.2. The van der Waals surface area contributed by atoms with E-state index >= 15 is 0 Å². The Hall–Kier alpha value is -3.02. The molecule has 0 amide bonds. The van der Waals surface area contributed by atoms with Gasteiger partial charge in [-0.05, 0) is 50.4 Å². The number of carbonyl (C=O) groups excluding carboxylic acids is 1. The van der Waals surface area contributed by atoms with Crippen molar-refractivity contribution in [1.82, 2.24) is 14.8 Å². The molecule has 14 nitrogen and oxygen atoms in total. The standard InChI is InChI=1S/C22H26ClN4O10P/c1-13(2)34-19(29)14(3)36-38(32,37-15-7-5-4-6-8-15)33-12-16-18(28)22(31,9-10-23)20(35-16)27-21(30)26-17(24)11-25-27/h4-8,11,13-14,16,18,20,28,31H,12H2,1-3H3,(H2,24,26,30)/t14-,16+,18?,20+,22+,38-/m0/s1. The Balaban J connectivity index is 1.86. The molecule has 1 saturated heterocycles. The van der Waals surface area contributed by atoms with Gasteiger partial charge >= 0.3 is 19.5 Å². The maximum atomic E-state index is 13.6. The third-order valence-electron chi connectivity index (χ3n) is 5.02. The van der Waals surface area contributed by atoms with Crippen molar-refractivity contribution >= 4 is 31.2 Å². The summed E-state index contributed by atoms with van der Waals surface area (Å²) in [5, 5.41) is 27.6. The van der Waals surface area contributed by atoms with E-state index in [2.05, 4.69) is 16.0 Å². The number of esters is 1. The summed E-state index contributed by atoms with van der Waals surface area (Å²) in [6.45, 7) is 3.81. The maximum Gasteiger partial charge on any atom is 0.530 e. The fraction of sp³-hybridized carbons (Fsp3) is 0.455. The molecule has 0 aliphatic carbocycles. The molecule has 2 aromatic rings. The number of aliphatic hydroxyl groups excluding tert-OH is 1. The minimum atomic E-state index is -4.59. The summed E-state index contributed by atoms with van der Waals surface area (Å²) in [4.78, 5) is 28.1. The third kappa shape index (κ3) is 6.89. The summed E-state index contributed by atoms with van der Waals surface area (Å²) in [6.07, 6.45) is -5.88. The number of nitrogens with zero attached hydrogens (tertiary/aromatic N) is 3. The number of ether oxygens (including phenoxy) is 2. The van der Waals surface area contributed by atoms with Crippen LogP contribution in [0.1, 0.15) is 27.0 Å². The Morgan fingerprint density at radius 2 is 2.03 bits per heavy atom. The van der Waals surface area contributed by atoms with E-state index in [9.17, 15) is 24.4 Å². The highest BCUT2D eigenvalue weighted by Crippen LogP contribution is 2.51. The van der Waals surface area contributed by atoms with Crippen molar-refractivity contribution in [3.63, 3.8) is 0 Å². The Morgan fingerprint density at radius 3 is 2.63 bits per heavy atom. The molecule has 6 atom stereocenters. The number of carbonyl (C=O) groups is 1. The van der Waals surface area contributed by atoms with Gasteiger partial charge in [-0.15, -0.1) is 0 Å². The monoisotopic (exact) mass is 572 g/mol. The minimum Gasteiger partial charge on any atom is -0.461 e. The topological polar surface area (TPSA) is 195 Å². The Bertz CT molecular complexity index is 1300. The van der Waals surface area contributed by atoms with Crippen molar-refractivity contribution in [2.45, 2.75) is 57.0 Å². The zero-order valence-electron chi connectivity index (χ0n) is 20.5. The molecule has 0 saturated carbocycles. The normalized spacial score (nSPS) is 25.2. The van der Waals surface area contributed by atoms with Crippen molar-refractivity contribution in [1.29, 1.82) is 0 Å². The van der Waals surface area contributed by atoms with Gasteiger partial charge in [0.1, 0.15) is 23.8 Å². The van der Waals surface area contributed by atoms with Crippen LogP contribution in [0.2, 0.25) is 0 Å². The van der Waals surface area contributed by atoms with E-state index in [0.29, 0.717) is 4.68 Å². The van der Waals surface area contributed by atoms with Crippen molar-refractivity contribution in [2.24, 2.45) is 0 Å². The third-order valence-corrected chi connectivity index (χ3v) is 6.58. The highest BCUT2D eigenvalue weighted by atomic mass is 35.5. The van der Waals surface area contributed by atoms with E-state index in [4.69, 9.17) is 40.4 Å². The number of halogens is 1. The number of para-hydroxylation sites is 1. The van der Waals surface area contributed by atoms with Gasteiger partial charge in [-0.3, -0.25) is 9.05 Å². The molecule has 1 aromatic heterocycles. The summed E-state index contributed by atoms with van der Waals surface area (Å²) in [7, 11) is -4.59. The van der Waals surface area contributed by atoms with Crippen LogP contribution in [0.15, 0.2) is 41.3 Å². The van der Waals surface area contributed by atoms with Gasteiger partial charge < -0.3 is 29.9 Å². The minimum absolute atomic E-state index is 0.0826. The van der Waals surface area contributed by atoms with Crippen molar-refractivity contribution in [3.8, 4) is 17.0 Å². The first-order chi connectivity index (χ1) is 17.9. The van der Waals surface area contributed by atoms with Gasteiger partial charge in [0, 0.05) is 5.38 Å². The maximum absolute atomic E-state index is 13.6. The molecule has 1 aromatic carbocycles. The van der Waals surface area contributed by atoms with Crippen LogP contribution in [0, 0.1) is 11.3 Å². The molecule has 1 fully saturated rings. The average molecular weight is 573 g/mol. The predicted molar refractivity (Wildman–Crippen MR) is 132 cm³/mol. The first kappa shape index (κ1) is 29.5. The lowest BCUT2D eigenvalue weighted by Gasteiger charge is -2.25. The summed E-state index contributed by atoms with van der Waals surface area (Å²) in [5.74, 6) is 1.24. The molecule has 1 aliphatic rings. The highest BCUT2D eigenvalue weighted by Gasteiger charge is 2.57. The molecule has 3 rings (SSSR count). The summed E-state index contributed by atoms with van der Waals surface area (Å²) < 4.78 is 41.0. The van der Waals surface area contributed by atoms with Crippen molar-refractivity contribution in [3.05, 3.63) is 47.0 Å². The van der Waals surface area contributed by atoms with Crippen LogP contribution in [-0.2, 0) is 27.9 Å². The number of nitrogen functional groups attached to an aromatic ring is 1. The number of hydrogen-bond donors (Lipinski definition) is 3. The molecule has 0 spiro atoms. The molecule has 0 radical (unpaired) electrons. The van der Waals surface area contributed by atoms with Gasteiger partial charge in [-0.2, -0.15) is 14.8 Å². The van der Waals surface area contributed by atoms with Crippen LogP contribution < -0.4 is 15.9 Å². The highest BCUT2D eigenvalue weighted by molar-refractivity contribution is 7.49. The number of phosphoric acid groups is 1. The van der Waals surface area contributed by atoms with Gasteiger partial charge in [-0.25, -0.2) is 14.2 Å². The fourth-order valence-electron chi connectivity index (χ4n) is 3.30. The lowest BCUT2D eigenvalue weighted by Crippen LogP contribution is -2.48. The van der Waals surface area contributed by atoms with Gasteiger partial charge in [0.25, 0.3) is 0 Å². The van der Waals surface area contributed by atoms with Gasteiger partial charge in [0.05, 0.1) is 18.9 Å². The van der Waals surface area contributed by atoms with Crippen LogP contribution in [0.25, 0.3) is 0 Å². The molecule has 38 heavy (non-hydrogen) atoms. The number of phosphoric ester groups is 1. The summed E-state index contributed by atoms with van der Waals surface area (Å²) in [6, 6.07) is 7.82. The zero-order valence-corrected chi connectivity index (χ0v) is 22.1. The smallest absolute Gasteiger partial charge is 0.461 e. The number of anilines is 1. The molecule has 4 N–H and O–H groups in total. The Kier molecular flexibility index (Phi) is 9.50. The second-order valence-corrected chi connectivity index (χ2v) is 10.0. The fourth-order valence-corrected chi connectivity index (χ4v) is 4.79. The largest absolute Gasteiger partial charge is 0.530 e. The molecular formula is C22H26ClN4O10P. The molecule has 2 heterocycles. The Morgan fingerprint density at radius 1 is 1.34 bits per heavy atom. The summed E-state index contributed by atoms with van der Waals surface area (Å²) >= 11 is 5.47. The van der Waals surface area contributed by atoms with Crippen LogP contribution >= 0.6 is 19.4 Å². The molecular weight excluding hydrogens is 547 g/mol. The van der Waals surface area contributed by atoms with Crippen LogP contribution in [0.3, 0.4) is 0 Å². The lowest BCUT2D eigenvalue weighted by atomic mass is 9.95. The van der Waals surface area contributed by atoms with E-state index < -0.39 is 62.3 Å². The lowest BCUT2D eigenvalue weighted by molar-refractivity contribution is -0.156. The van der Waals surface area contributed by atoms with E-state index in [-0.39, 0.29) is 11.6 Å². The molecule has 16 heteroatoms. The van der Waals surface area contributed by atoms with Gasteiger partial charge in [-0.1, -0.05) is 18.2 Å². The number of benzene rings is 1. The van der Waals surface area contributed by atoms with Crippen LogP contribution in [0.4, 0.5) is 5.82 Å². The van der Waals surface area contributed by atoms with E-state index in [0.717, 1.165) is 6.20 Å². The molecule has 1 unspecified atom stereocenters. The van der Waals surface area contributed by atoms with Crippen LogP contribution in [-0.4, -0.2) is 67.6 Å². The Labute approximate surface area is 222 Å². The van der Waals surface area contributed by atoms with Gasteiger partial charge in [0.2, 0.25) is 5.60 Å². The molecule has 0 bridgehead atoms. The second-order valence-electron chi connectivity index (χ2n) is 8.31. The summed E-state index contributed by atoms with van der Waals surface area (Å²) in [5.41, 5.74) is 1.97. The quantitative estimate of drug-likeness (QED) is 0.207. The van der Waals surface area contributed by atoms with E-state index in [1.54, 1.807) is 32.0 Å². The van der Waals surface area contributed by atoms with E-state index in [1.165, 1.54) is 19.1 Å². The van der Waals surface area contributed by atoms with Crippen molar-refractivity contribution < 1.29 is 42.6 Å². The zero-order chi connectivity index (χ0) is 28.1. The van der Waals surface area contributed by atoms with Crippen molar-refractivity contribution in [2.75, 3.05) is 12.3 Å². The predicted octanol–water partition coefficient (Wildman–Crippen LogP) is 0.970. The first-order valence-corrected chi connectivity index (χ1v) is 13.0. The number of aromatic nitrogens is 3. The van der Waals surface area contributed by atoms with E-state index in [1.807, 2.05) is 5.38 Å². The number of rotatable bonds is 10. The molecule has 206 valence electrons. The SMILES string of the molecule is CC(C)OC(=O)[C@H](C)O[P@](=O)(OC[C@H]1O[C@@H](n2ncc(N)nc2=O)[C@@](O)(C#CCl)C1O)Oc1ccccc1. The number of hydrogen-bond acceptors (Lipinski definition) is 13. The van der Waals surface area contributed by atoms with Gasteiger partial charge in [0.15, 0.2) is 12.3 Å². The van der Waals surface area contributed by atoms with Crippen LogP contribution in [0.5, 0.6) is 5.75 Å².